The third-order valence-electron chi connectivity index (χ3n) is 4.37. The summed E-state index contributed by atoms with van der Waals surface area (Å²) in [4.78, 5) is 4.97. The van der Waals surface area contributed by atoms with Crippen LogP contribution in [-0.2, 0) is 0 Å². The van der Waals surface area contributed by atoms with Crippen LogP contribution in [0.15, 0.2) is 11.8 Å². The zero-order chi connectivity index (χ0) is 14.8. The molecule has 0 heterocycles. The Morgan fingerprint density at radius 2 is 2.05 bits per heavy atom. The van der Waals surface area contributed by atoms with Crippen LogP contribution >= 0.6 is 0 Å². The van der Waals surface area contributed by atoms with Crippen molar-refractivity contribution in [3.8, 4) is 6.07 Å². The molecule has 0 N–H and O–H groups in total. The standard InChI is InChI=1S/C17H31N3/c1-4-19(5-2)14-8-10-16(3)20(15-9-13-18)17-11-6-7-12-17/h11,16H,4-10,12,14-15H2,1-3H3. The van der Waals surface area contributed by atoms with Crippen molar-refractivity contribution in [1.29, 1.82) is 5.26 Å². The van der Waals surface area contributed by atoms with Crippen LogP contribution in [0.4, 0.5) is 0 Å². The SMILES string of the molecule is CCN(CC)CCCC(C)N(CCC#N)C1=CCCC1. The van der Waals surface area contributed by atoms with E-state index in [2.05, 4.69) is 42.7 Å². The summed E-state index contributed by atoms with van der Waals surface area (Å²) < 4.78 is 0. The van der Waals surface area contributed by atoms with Crippen LogP contribution in [0.5, 0.6) is 0 Å². The predicted octanol–water partition coefficient (Wildman–Crippen LogP) is 3.78. The van der Waals surface area contributed by atoms with Crippen molar-refractivity contribution in [2.24, 2.45) is 0 Å². The van der Waals surface area contributed by atoms with Crippen LogP contribution in [0.3, 0.4) is 0 Å². The number of nitrogens with zero attached hydrogens (tertiary/aromatic N) is 3. The number of nitriles is 1. The van der Waals surface area contributed by atoms with Crippen molar-refractivity contribution in [1.82, 2.24) is 9.80 Å². The maximum absolute atomic E-state index is 8.85. The molecule has 0 radical (unpaired) electrons. The molecule has 1 aliphatic carbocycles. The molecule has 0 aliphatic heterocycles. The van der Waals surface area contributed by atoms with Crippen LogP contribution in [-0.4, -0.2) is 42.0 Å². The first-order valence-electron chi connectivity index (χ1n) is 8.27. The van der Waals surface area contributed by atoms with Crippen molar-refractivity contribution < 1.29 is 0 Å². The molecule has 0 bridgehead atoms. The lowest BCUT2D eigenvalue weighted by Crippen LogP contribution is -2.34. The Hall–Kier alpha value is -1.01. The molecule has 0 aromatic heterocycles. The fourth-order valence-electron chi connectivity index (χ4n) is 3.04. The fourth-order valence-corrected chi connectivity index (χ4v) is 3.04. The monoisotopic (exact) mass is 277 g/mol. The second kappa shape index (κ2) is 9.83. The average molecular weight is 277 g/mol. The van der Waals surface area contributed by atoms with Gasteiger partial charge in [0, 0.05) is 18.3 Å². The lowest BCUT2D eigenvalue weighted by atomic mass is 10.1. The third-order valence-corrected chi connectivity index (χ3v) is 4.37. The molecule has 0 spiro atoms. The van der Waals surface area contributed by atoms with Gasteiger partial charge in [0.05, 0.1) is 12.5 Å². The van der Waals surface area contributed by atoms with Gasteiger partial charge in [-0.05, 0) is 58.7 Å². The zero-order valence-corrected chi connectivity index (χ0v) is 13.6. The largest absolute Gasteiger partial charge is 0.371 e. The highest BCUT2D eigenvalue weighted by atomic mass is 15.2. The first-order valence-corrected chi connectivity index (χ1v) is 8.27. The van der Waals surface area contributed by atoms with Gasteiger partial charge < -0.3 is 9.80 Å². The second-order valence-corrected chi connectivity index (χ2v) is 5.71. The highest BCUT2D eigenvalue weighted by Crippen LogP contribution is 2.25. The molecule has 0 amide bonds. The van der Waals surface area contributed by atoms with E-state index in [9.17, 15) is 0 Å². The molecule has 1 rings (SSSR count). The van der Waals surface area contributed by atoms with Gasteiger partial charge in [0.25, 0.3) is 0 Å². The molecule has 1 unspecified atom stereocenters. The quantitative estimate of drug-likeness (QED) is 0.609. The van der Waals surface area contributed by atoms with E-state index < -0.39 is 0 Å². The number of hydrogen-bond acceptors (Lipinski definition) is 3. The highest BCUT2D eigenvalue weighted by molar-refractivity contribution is 5.08. The first kappa shape index (κ1) is 17.0. The van der Waals surface area contributed by atoms with E-state index in [0.29, 0.717) is 12.5 Å². The van der Waals surface area contributed by atoms with Crippen LogP contribution in [0.25, 0.3) is 0 Å². The molecule has 114 valence electrons. The second-order valence-electron chi connectivity index (χ2n) is 5.71. The van der Waals surface area contributed by atoms with Crippen molar-refractivity contribution in [2.45, 2.75) is 65.3 Å². The first-order chi connectivity index (χ1) is 9.72. The van der Waals surface area contributed by atoms with E-state index >= 15 is 0 Å². The molecule has 3 heteroatoms. The topological polar surface area (TPSA) is 30.3 Å². The van der Waals surface area contributed by atoms with Crippen LogP contribution in [0, 0.1) is 11.3 Å². The molecular formula is C17H31N3. The molecule has 0 saturated heterocycles. The number of allylic oxidation sites excluding steroid dienone is 2. The number of rotatable bonds is 10. The predicted molar refractivity (Wildman–Crippen MR) is 85.4 cm³/mol. The summed E-state index contributed by atoms with van der Waals surface area (Å²) in [6, 6.07) is 2.85. The zero-order valence-electron chi connectivity index (χ0n) is 13.6. The maximum Gasteiger partial charge on any atom is 0.0640 e. The molecule has 20 heavy (non-hydrogen) atoms. The Kier molecular flexibility index (Phi) is 8.37. The van der Waals surface area contributed by atoms with Crippen molar-refractivity contribution in [3.05, 3.63) is 11.8 Å². The minimum absolute atomic E-state index is 0.559. The Balaban J connectivity index is 2.42. The van der Waals surface area contributed by atoms with E-state index in [1.54, 1.807) is 0 Å². The number of hydrogen-bond donors (Lipinski definition) is 0. The summed E-state index contributed by atoms with van der Waals surface area (Å²) in [5.41, 5.74) is 1.48. The van der Waals surface area contributed by atoms with Crippen LogP contribution < -0.4 is 0 Å². The van der Waals surface area contributed by atoms with Gasteiger partial charge in [0.1, 0.15) is 0 Å². The molecule has 0 aromatic carbocycles. The van der Waals surface area contributed by atoms with Gasteiger partial charge in [-0.3, -0.25) is 0 Å². The highest BCUT2D eigenvalue weighted by Gasteiger charge is 2.18. The van der Waals surface area contributed by atoms with E-state index in [1.165, 1.54) is 44.3 Å². The van der Waals surface area contributed by atoms with Gasteiger partial charge in [0.15, 0.2) is 0 Å². The maximum atomic E-state index is 8.85. The van der Waals surface area contributed by atoms with E-state index in [4.69, 9.17) is 5.26 Å². The molecular weight excluding hydrogens is 246 g/mol. The van der Waals surface area contributed by atoms with Crippen molar-refractivity contribution >= 4 is 0 Å². The smallest absolute Gasteiger partial charge is 0.0640 e. The summed E-state index contributed by atoms with van der Waals surface area (Å²) in [7, 11) is 0. The Labute approximate surface area is 125 Å². The minimum Gasteiger partial charge on any atom is -0.371 e. The van der Waals surface area contributed by atoms with Crippen LogP contribution in [0.2, 0.25) is 0 Å². The van der Waals surface area contributed by atoms with Gasteiger partial charge in [-0.25, -0.2) is 0 Å². The fraction of sp³-hybridized carbons (Fsp3) is 0.824. The molecule has 0 saturated carbocycles. The van der Waals surface area contributed by atoms with Gasteiger partial charge in [0.2, 0.25) is 0 Å². The van der Waals surface area contributed by atoms with Crippen molar-refractivity contribution in [2.75, 3.05) is 26.2 Å². The molecule has 3 nitrogen and oxygen atoms in total. The molecule has 0 aromatic rings. The molecule has 1 atom stereocenters. The van der Waals surface area contributed by atoms with Gasteiger partial charge in [-0.15, -0.1) is 0 Å². The normalized spacial score (nSPS) is 16.1. The Bertz CT molecular complexity index is 326. The Morgan fingerprint density at radius 3 is 2.60 bits per heavy atom. The van der Waals surface area contributed by atoms with Gasteiger partial charge in [-0.2, -0.15) is 5.26 Å². The van der Waals surface area contributed by atoms with E-state index in [1.807, 2.05) is 0 Å². The van der Waals surface area contributed by atoms with E-state index in [-0.39, 0.29) is 0 Å². The van der Waals surface area contributed by atoms with Gasteiger partial charge in [-0.1, -0.05) is 19.9 Å². The average Bonchev–Trinajstić information content (AvgIpc) is 2.98. The Morgan fingerprint density at radius 1 is 1.30 bits per heavy atom. The lowest BCUT2D eigenvalue weighted by molar-refractivity contribution is 0.232. The third kappa shape index (κ3) is 5.54. The van der Waals surface area contributed by atoms with Crippen molar-refractivity contribution in [3.63, 3.8) is 0 Å². The minimum atomic E-state index is 0.559. The summed E-state index contributed by atoms with van der Waals surface area (Å²) in [6.07, 6.45) is 9.18. The summed E-state index contributed by atoms with van der Waals surface area (Å²) in [5.74, 6) is 0. The lowest BCUT2D eigenvalue weighted by Gasteiger charge is -2.32. The van der Waals surface area contributed by atoms with Crippen LogP contribution in [0.1, 0.15) is 59.3 Å². The molecule has 0 fully saturated rings. The summed E-state index contributed by atoms with van der Waals surface area (Å²) in [5, 5.41) is 8.85. The summed E-state index contributed by atoms with van der Waals surface area (Å²) in [6.45, 7) is 11.2. The molecule has 1 aliphatic rings. The van der Waals surface area contributed by atoms with E-state index in [0.717, 1.165) is 19.6 Å². The van der Waals surface area contributed by atoms with Gasteiger partial charge >= 0.3 is 0 Å². The summed E-state index contributed by atoms with van der Waals surface area (Å²) >= 11 is 0.